The van der Waals surface area contributed by atoms with Crippen molar-refractivity contribution in [3.63, 3.8) is 0 Å². The Kier molecular flexibility index (Phi) is 4.49. The Hall–Kier alpha value is -0.660. The molecule has 0 aromatic rings. The largest absolute Gasteiger partial charge is 0.362 e. The van der Waals surface area contributed by atoms with Gasteiger partial charge < -0.3 is 9.64 Å². The summed E-state index contributed by atoms with van der Waals surface area (Å²) in [5, 5.41) is 0. The highest BCUT2D eigenvalue weighted by molar-refractivity contribution is 7.89. The molecule has 126 valence electrons. The molecule has 0 aromatic heterocycles. The van der Waals surface area contributed by atoms with Gasteiger partial charge in [0.15, 0.2) is 0 Å². The second-order valence-corrected chi connectivity index (χ2v) is 8.92. The van der Waals surface area contributed by atoms with Gasteiger partial charge in [-0.2, -0.15) is 0 Å². The molecule has 6 nitrogen and oxygen atoms in total. The Morgan fingerprint density at radius 1 is 1.14 bits per heavy atom. The first-order valence-electron chi connectivity index (χ1n) is 8.40. The first kappa shape index (κ1) is 16.2. The Bertz CT molecular complexity index is 520. The molecule has 3 saturated heterocycles. The lowest BCUT2D eigenvalue weighted by atomic mass is 9.89. The molecule has 0 bridgehead atoms. The number of hydrogen-bond donors (Lipinski definition) is 0. The highest BCUT2D eigenvalue weighted by atomic mass is 32.2. The number of rotatable bonds is 3. The molecule has 3 rings (SSSR count). The smallest absolute Gasteiger partial charge is 0.251 e. The molecular weight excluding hydrogens is 304 g/mol. The van der Waals surface area contributed by atoms with E-state index in [1.54, 1.807) is 11.2 Å². The lowest BCUT2D eigenvalue weighted by Gasteiger charge is -2.38. The summed E-state index contributed by atoms with van der Waals surface area (Å²) in [6, 6.07) is 0. The fourth-order valence-electron chi connectivity index (χ4n) is 3.85. The summed E-state index contributed by atoms with van der Waals surface area (Å²) in [4.78, 5) is 14.4. The summed E-state index contributed by atoms with van der Waals surface area (Å²) in [5.74, 6) is 0.287. The Morgan fingerprint density at radius 2 is 1.77 bits per heavy atom. The maximum atomic E-state index is 12.4. The number of likely N-dealkylation sites (tertiary alicyclic amines) is 1. The molecule has 0 radical (unpaired) electrons. The molecule has 3 aliphatic rings. The van der Waals surface area contributed by atoms with Gasteiger partial charge in [0.2, 0.25) is 10.0 Å². The van der Waals surface area contributed by atoms with Gasteiger partial charge in [0.25, 0.3) is 5.91 Å². The van der Waals surface area contributed by atoms with Gasteiger partial charge in [-0.15, -0.1) is 0 Å². The van der Waals surface area contributed by atoms with Gasteiger partial charge >= 0.3 is 0 Å². The molecule has 3 aliphatic heterocycles. The van der Waals surface area contributed by atoms with E-state index in [0.717, 1.165) is 38.8 Å². The number of piperidine rings is 1. The summed E-state index contributed by atoms with van der Waals surface area (Å²) in [7, 11) is -3.11. The van der Waals surface area contributed by atoms with Crippen LogP contribution in [-0.4, -0.2) is 67.2 Å². The third-order valence-corrected chi connectivity index (χ3v) is 7.22. The lowest BCUT2D eigenvalue weighted by molar-refractivity contribution is -0.149. The van der Waals surface area contributed by atoms with E-state index >= 15 is 0 Å². The molecule has 0 saturated carbocycles. The molecule has 22 heavy (non-hydrogen) atoms. The zero-order chi connectivity index (χ0) is 15.8. The summed E-state index contributed by atoms with van der Waals surface area (Å²) in [6.07, 6.45) is 4.92. The van der Waals surface area contributed by atoms with Crippen LogP contribution in [0.25, 0.3) is 0 Å². The predicted octanol–water partition coefficient (Wildman–Crippen LogP) is 0.972. The van der Waals surface area contributed by atoms with E-state index in [-0.39, 0.29) is 23.4 Å². The van der Waals surface area contributed by atoms with Crippen LogP contribution in [0.15, 0.2) is 0 Å². The van der Waals surface area contributed by atoms with Crippen LogP contribution in [0.4, 0.5) is 0 Å². The van der Waals surface area contributed by atoms with Crippen molar-refractivity contribution in [1.29, 1.82) is 0 Å². The fourth-order valence-corrected chi connectivity index (χ4v) is 4.96. The Balaban J connectivity index is 1.57. The normalized spacial score (nSPS) is 29.3. The van der Waals surface area contributed by atoms with Crippen molar-refractivity contribution in [3.05, 3.63) is 0 Å². The van der Waals surface area contributed by atoms with E-state index in [2.05, 4.69) is 0 Å². The monoisotopic (exact) mass is 330 g/mol. The number of carbonyl (C=O) groups excluding carboxylic acids is 1. The van der Waals surface area contributed by atoms with Crippen LogP contribution in [0.2, 0.25) is 0 Å². The third kappa shape index (κ3) is 3.03. The number of amides is 1. The minimum Gasteiger partial charge on any atom is -0.362 e. The van der Waals surface area contributed by atoms with Crippen molar-refractivity contribution in [1.82, 2.24) is 9.21 Å². The van der Waals surface area contributed by atoms with Crippen molar-refractivity contribution in [2.24, 2.45) is 0 Å². The molecule has 1 spiro atoms. The van der Waals surface area contributed by atoms with Gasteiger partial charge in [-0.25, -0.2) is 12.7 Å². The fraction of sp³-hybridized carbons (Fsp3) is 0.933. The average Bonchev–Trinajstić information content (AvgIpc) is 3.17. The number of nitrogens with zero attached hydrogens (tertiary/aromatic N) is 2. The first-order valence-corrected chi connectivity index (χ1v) is 10.0. The van der Waals surface area contributed by atoms with Crippen LogP contribution < -0.4 is 0 Å². The van der Waals surface area contributed by atoms with Crippen molar-refractivity contribution in [3.8, 4) is 0 Å². The number of hydrogen-bond acceptors (Lipinski definition) is 4. The zero-order valence-corrected chi connectivity index (χ0v) is 14.1. The predicted molar refractivity (Wildman–Crippen MR) is 82.9 cm³/mol. The minimum atomic E-state index is -3.11. The maximum Gasteiger partial charge on any atom is 0.251 e. The highest BCUT2D eigenvalue weighted by Gasteiger charge is 2.46. The minimum absolute atomic E-state index is 0.137. The van der Waals surface area contributed by atoms with Crippen LogP contribution in [-0.2, 0) is 19.6 Å². The lowest BCUT2D eigenvalue weighted by Crippen LogP contribution is -2.48. The van der Waals surface area contributed by atoms with Crippen molar-refractivity contribution < 1.29 is 17.9 Å². The van der Waals surface area contributed by atoms with Crippen LogP contribution in [0.5, 0.6) is 0 Å². The molecule has 1 atom stereocenters. The Morgan fingerprint density at radius 3 is 2.36 bits per heavy atom. The quantitative estimate of drug-likeness (QED) is 0.773. The van der Waals surface area contributed by atoms with Crippen LogP contribution in [0, 0.1) is 0 Å². The number of carbonyl (C=O) groups is 1. The van der Waals surface area contributed by atoms with Crippen LogP contribution >= 0.6 is 0 Å². The molecule has 3 heterocycles. The maximum absolute atomic E-state index is 12.4. The zero-order valence-electron chi connectivity index (χ0n) is 13.3. The topological polar surface area (TPSA) is 66.9 Å². The SMILES string of the molecule is CCS(=O)(=O)N1CCC2(CC[C@@H](C(=O)N3CCCC3)O2)CC1. The summed E-state index contributed by atoms with van der Waals surface area (Å²) in [5.41, 5.74) is -0.278. The van der Waals surface area contributed by atoms with Crippen LogP contribution in [0.1, 0.15) is 45.4 Å². The van der Waals surface area contributed by atoms with Crippen LogP contribution in [0.3, 0.4) is 0 Å². The molecule has 3 fully saturated rings. The third-order valence-electron chi connectivity index (χ3n) is 5.34. The summed E-state index contributed by atoms with van der Waals surface area (Å²) >= 11 is 0. The summed E-state index contributed by atoms with van der Waals surface area (Å²) in [6.45, 7) is 4.42. The van der Waals surface area contributed by atoms with Gasteiger partial charge in [-0.1, -0.05) is 0 Å². The van der Waals surface area contributed by atoms with Gasteiger partial charge in [0, 0.05) is 26.2 Å². The molecule has 1 amide bonds. The Labute approximate surface area is 132 Å². The molecule has 0 aromatic carbocycles. The van der Waals surface area contributed by atoms with E-state index in [0.29, 0.717) is 25.9 Å². The van der Waals surface area contributed by atoms with E-state index in [1.807, 2.05) is 4.90 Å². The van der Waals surface area contributed by atoms with Gasteiger partial charge in [0.1, 0.15) is 6.10 Å². The second kappa shape index (κ2) is 6.09. The number of ether oxygens (including phenoxy) is 1. The van der Waals surface area contributed by atoms with Crippen molar-refractivity contribution in [2.75, 3.05) is 31.9 Å². The summed E-state index contributed by atoms with van der Waals surface area (Å²) < 4.78 is 31.6. The van der Waals surface area contributed by atoms with E-state index < -0.39 is 10.0 Å². The average molecular weight is 330 g/mol. The standard InChI is InChI=1S/C15H26N2O4S/c1-2-22(19,20)17-11-7-15(8-12-17)6-5-13(21-15)14(18)16-9-3-4-10-16/h13H,2-12H2,1H3/t13-/m0/s1. The van der Waals surface area contributed by atoms with Gasteiger partial charge in [-0.3, -0.25) is 4.79 Å². The van der Waals surface area contributed by atoms with Gasteiger partial charge in [0.05, 0.1) is 11.4 Å². The molecule has 7 heteroatoms. The van der Waals surface area contributed by atoms with E-state index in [1.165, 1.54) is 0 Å². The first-order chi connectivity index (χ1) is 10.5. The van der Waals surface area contributed by atoms with E-state index in [4.69, 9.17) is 4.74 Å². The molecule has 0 unspecified atom stereocenters. The second-order valence-electron chi connectivity index (χ2n) is 6.66. The van der Waals surface area contributed by atoms with E-state index in [9.17, 15) is 13.2 Å². The molecular formula is C15H26N2O4S. The van der Waals surface area contributed by atoms with Crippen molar-refractivity contribution >= 4 is 15.9 Å². The highest BCUT2D eigenvalue weighted by Crippen LogP contribution is 2.40. The molecule has 0 N–H and O–H groups in total. The van der Waals surface area contributed by atoms with Crippen molar-refractivity contribution in [2.45, 2.75) is 57.2 Å². The number of sulfonamides is 1. The molecule has 0 aliphatic carbocycles. The van der Waals surface area contributed by atoms with Gasteiger partial charge in [-0.05, 0) is 45.4 Å².